The first-order valence-electron chi connectivity index (χ1n) is 5.89. The van der Waals surface area contributed by atoms with Crippen LogP contribution in [0, 0.1) is 5.92 Å². The van der Waals surface area contributed by atoms with Crippen molar-refractivity contribution in [1.82, 2.24) is 4.90 Å². The number of nitrogens with zero attached hydrogens (tertiary/aromatic N) is 1. The minimum Gasteiger partial charge on any atom is -0.480 e. The van der Waals surface area contributed by atoms with E-state index in [4.69, 9.17) is 14.6 Å². The zero-order valence-corrected chi connectivity index (χ0v) is 9.63. The Hall–Kier alpha value is -1.14. The molecule has 2 fully saturated rings. The zero-order valence-electron chi connectivity index (χ0n) is 9.63. The summed E-state index contributed by atoms with van der Waals surface area (Å²) in [6.07, 6.45) is 1.64. The van der Waals surface area contributed by atoms with E-state index < -0.39 is 12.0 Å². The molecule has 1 amide bonds. The normalized spacial score (nSPS) is 30.0. The van der Waals surface area contributed by atoms with Crippen molar-refractivity contribution in [1.29, 1.82) is 0 Å². The maximum atomic E-state index is 12.2. The molecule has 96 valence electrons. The molecule has 2 aliphatic rings. The Balaban J connectivity index is 2.02. The number of carboxylic acids is 1. The molecule has 6 heteroatoms. The Morgan fingerprint density at radius 3 is 2.59 bits per heavy atom. The summed E-state index contributed by atoms with van der Waals surface area (Å²) in [7, 11) is 0. The van der Waals surface area contributed by atoms with Gasteiger partial charge in [0, 0.05) is 13.2 Å². The van der Waals surface area contributed by atoms with Gasteiger partial charge in [-0.1, -0.05) is 0 Å². The molecule has 0 radical (unpaired) electrons. The van der Waals surface area contributed by atoms with Crippen LogP contribution in [0.4, 0.5) is 0 Å². The predicted octanol–water partition coefficient (Wildman–Crippen LogP) is -0.275. The number of ether oxygens (including phenoxy) is 2. The second kappa shape index (κ2) is 5.46. The van der Waals surface area contributed by atoms with Gasteiger partial charge in [-0.05, 0) is 12.8 Å². The van der Waals surface area contributed by atoms with Crippen LogP contribution in [0.5, 0.6) is 0 Å². The molecule has 1 N–H and O–H groups in total. The van der Waals surface area contributed by atoms with E-state index in [0.29, 0.717) is 26.4 Å². The highest BCUT2D eigenvalue weighted by molar-refractivity contribution is 5.85. The van der Waals surface area contributed by atoms with Crippen molar-refractivity contribution in [2.75, 3.05) is 33.0 Å². The van der Waals surface area contributed by atoms with Gasteiger partial charge in [-0.3, -0.25) is 4.79 Å². The molecule has 0 bridgehead atoms. The third-order valence-electron chi connectivity index (χ3n) is 3.21. The Morgan fingerprint density at radius 2 is 1.94 bits per heavy atom. The van der Waals surface area contributed by atoms with Crippen molar-refractivity contribution in [3.63, 3.8) is 0 Å². The molecule has 2 atom stereocenters. The highest BCUT2D eigenvalue weighted by Crippen LogP contribution is 2.19. The van der Waals surface area contributed by atoms with Gasteiger partial charge in [0.15, 0.2) is 6.04 Å². The monoisotopic (exact) mass is 243 g/mol. The predicted molar refractivity (Wildman–Crippen MR) is 57.5 cm³/mol. The molecule has 0 saturated carbocycles. The standard InChI is InChI=1S/C11H17NO5/c13-10(8-2-1-4-16-6-8)12-3-5-17-7-9(12)11(14)15/h8-9H,1-7H2,(H,14,15)/t8-,9-/m1/s1. The van der Waals surface area contributed by atoms with Gasteiger partial charge in [0.2, 0.25) is 5.91 Å². The number of morpholine rings is 1. The summed E-state index contributed by atoms with van der Waals surface area (Å²) in [5.74, 6) is -1.31. The maximum Gasteiger partial charge on any atom is 0.328 e. The lowest BCUT2D eigenvalue weighted by molar-refractivity contribution is -0.162. The molecular weight excluding hydrogens is 226 g/mol. The zero-order chi connectivity index (χ0) is 12.3. The number of carbonyl (C=O) groups excluding carboxylic acids is 1. The number of carboxylic acid groups (broad SMARTS) is 1. The third kappa shape index (κ3) is 2.76. The quantitative estimate of drug-likeness (QED) is 0.722. The molecule has 0 aromatic heterocycles. The summed E-state index contributed by atoms with van der Waals surface area (Å²) in [4.78, 5) is 24.7. The summed E-state index contributed by atoms with van der Waals surface area (Å²) < 4.78 is 10.4. The second-order valence-electron chi connectivity index (χ2n) is 4.37. The molecular formula is C11H17NO5. The lowest BCUT2D eigenvalue weighted by Crippen LogP contribution is -2.55. The first-order chi connectivity index (χ1) is 8.20. The van der Waals surface area contributed by atoms with Gasteiger partial charge in [-0.25, -0.2) is 4.79 Å². The van der Waals surface area contributed by atoms with Gasteiger partial charge in [-0.15, -0.1) is 0 Å². The van der Waals surface area contributed by atoms with Crippen LogP contribution in [0.25, 0.3) is 0 Å². The van der Waals surface area contributed by atoms with Crippen LogP contribution in [-0.2, 0) is 19.1 Å². The molecule has 2 rings (SSSR count). The first kappa shape index (κ1) is 12.3. The number of hydrogen-bond donors (Lipinski definition) is 1. The number of rotatable bonds is 2. The fourth-order valence-corrected chi connectivity index (χ4v) is 2.24. The minimum atomic E-state index is -1.00. The van der Waals surface area contributed by atoms with E-state index in [1.165, 1.54) is 4.90 Å². The van der Waals surface area contributed by atoms with E-state index in [0.717, 1.165) is 12.8 Å². The van der Waals surface area contributed by atoms with Crippen LogP contribution in [0.1, 0.15) is 12.8 Å². The number of carbonyl (C=O) groups is 2. The fourth-order valence-electron chi connectivity index (χ4n) is 2.24. The molecule has 0 aromatic carbocycles. The highest BCUT2D eigenvalue weighted by Gasteiger charge is 2.36. The molecule has 0 spiro atoms. The highest BCUT2D eigenvalue weighted by atomic mass is 16.5. The average Bonchev–Trinajstić information content (AvgIpc) is 2.39. The lowest BCUT2D eigenvalue weighted by Gasteiger charge is -2.36. The SMILES string of the molecule is O=C(O)[C@H]1COCCN1C(=O)[C@@H]1CCCOC1. The van der Waals surface area contributed by atoms with E-state index in [2.05, 4.69) is 0 Å². The topological polar surface area (TPSA) is 76.1 Å². The summed E-state index contributed by atoms with van der Waals surface area (Å²) in [6, 6.07) is -0.849. The molecule has 0 aromatic rings. The van der Waals surface area contributed by atoms with Crippen LogP contribution in [0.15, 0.2) is 0 Å². The van der Waals surface area contributed by atoms with E-state index in [9.17, 15) is 9.59 Å². The van der Waals surface area contributed by atoms with Crippen LogP contribution >= 0.6 is 0 Å². The van der Waals surface area contributed by atoms with Crippen molar-refractivity contribution < 1.29 is 24.2 Å². The van der Waals surface area contributed by atoms with Gasteiger partial charge in [-0.2, -0.15) is 0 Å². The van der Waals surface area contributed by atoms with E-state index >= 15 is 0 Å². The molecule has 2 aliphatic heterocycles. The van der Waals surface area contributed by atoms with Gasteiger partial charge >= 0.3 is 5.97 Å². The minimum absolute atomic E-state index is 0.0780. The summed E-state index contributed by atoms with van der Waals surface area (Å²) in [6.45, 7) is 1.93. The van der Waals surface area contributed by atoms with Gasteiger partial charge in [0.05, 0.1) is 25.7 Å². The molecule has 2 saturated heterocycles. The fraction of sp³-hybridized carbons (Fsp3) is 0.818. The van der Waals surface area contributed by atoms with Crippen molar-refractivity contribution in [2.45, 2.75) is 18.9 Å². The smallest absolute Gasteiger partial charge is 0.328 e. The molecule has 17 heavy (non-hydrogen) atoms. The summed E-state index contributed by atoms with van der Waals surface area (Å²) in [5.41, 5.74) is 0. The van der Waals surface area contributed by atoms with Crippen LogP contribution in [0.3, 0.4) is 0 Å². The summed E-state index contributed by atoms with van der Waals surface area (Å²) in [5, 5.41) is 9.05. The largest absolute Gasteiger partial charge is 0.480 e. The number of hydrogen-bond acceptors (Lipinski definition) is 4. The Morgan fingerprint density at radius 1 is 1.18 bits per heavy atom. The molecule has 6 nitrogen and oxygen atoms in total. The van der Waals surface area contributed by atoms with Crippen LogP contribution in [-0.4, -0.2) is 60.9 Å². The van der Waals surface area contributed by atoms with Gasteiger partial charge in [0.1, 0.15) is 0 Å². The van der Waals surface area contributed by atoms with Crippen molar-refractivity contribution in [2.24, 2.45) is 5.92 Å². The van der Waals surface area contributed by atoms with Crippen LogP contribution < -0.4 is 0 Å². The van der Waals surface area contributed by atoms with Crippen molar-refractivity contribution in [3.8, 4) is 0 Å². The Kier molecular flexibility index (Phi) is 3.96. The van der Waals surface area contributed by atoms with Crippen molar-refractivity contribution in [3.05, 3.63) is 0 Å². The van der Waals surface area contributed by atoms with E-state index in [1.54, 1.807) is 0 Å². The third-order valence-corrected chi connectivity index (χ3v) is 3.21. The van der Waals surface area contributed by atoms with Gasteiger partial charge in [0.25, 0.3) is 0 Å². The maximum absolute atomic E-state index is 12.2. The first-order valence-corrected chi connectivity index (χ1v) is 5.89. The summed E-state index contributed by atoms with van der Waals surface area (Å²) >= 11 is 0. The molecule has 0 aliphatic carbocycles. The van der Waals surface area contributed by atoms with E-state index in [-0.39, 0.29) is 18.4 Å². The average molecular weight is 243 g/mol. The number of amides is 1. The van der Waals surface area contributed by atoms with Crippen molar-refractivity contribution >= 4 is 11.9 Å². The Labute approximate surface area is 99.5 Å². The molecule has 0 unspecified atom stereocenters. The number of aliphatic carboxylic acids is 1. The molecule has 2 heterocycles. The lowest BCUT2D eigenvalue weighted by atomic mass is 9.99. The van der Waals surface area contributed by atoms with Crippen LogP contribution in [0.2, 0.25) is 0 Å². The van der Waals surface area contributed by atoms with Gasteiger partial charge < -0.3 is 19.5 Å². The Bertz CT molecular complexity index is 300. The second-order valence-corrected chi connectivity index (χ2v) is 4.37. The van der Waals surface area contributed by atoms with E-state index in [1.807, 2.05) is 0 Å².